The van der Waals surface area contributed by atoms with Crippen LogP contribution in [0.3, 0.4) is 0 Å². The van der Waals surface area contributed by atoms with Crippen LogP contribution in [-0.2, 0) is 5.41 Å². The molecule has 4 nitrogen and oxygen atoms in total. The average Bonchev–Trinajstić information content (AvgIpc) is 3.25. The molecule has 4 heteroatoms. The van der Waals surface area contributed by atoms with Gasteiger partial charge in [-0.25, -0.2) is 9.78 Å². The van der Waals surface area contributed by atoms with Gasteiger partial charge in [-0.2, -0.15) is 0 Å². The van der Waals surface area contributed by atoms with Gasteiger partial charge >= 0.3 is 5.97 Å². The molecule has 0 spiro atoms. The van der Waals surface area contributed by atoms with Gasteiger partial charge in [0.2, 0.25) is 5.88 Å². The molecule has 1 aromatic heterocycles. The molecule has 4 rings (SSSR count). The Kier molecular flexibility index (Phi) is 1.85. The Morgan fingerprint density at radius 1 is 1.42 bits per heavy atom. The van der Waals surface area contributed by atoms with Crippen molar-refractivity contribution < 1.29 is 14.6 Å². The predicted molar refractivity (Wildman–Crippen MR) is 69.7 cm³/mol. The summed E-state index contributed by atoms with van der Waals surface area (Å²) in [5.41, 5.74) is 2.69. The van der Waals surface area contributed by atoms with Crippen molar-refractivity contribution in [3.8, 4) is 5.88 Å². The van der Waals surface area contributed by atoms with Crippen LogP contribution in [0.4, 0.5) is 0 Å². The van der Waals surface area contributed by atoms with Crippen LogP contribution in [0.2, 0.25) is 0 Å². The molecule has 0 unspecified atom stereocenters. The van der Waals surface area contributed by atoms with Crippen LogP contribution in [0.15, 0.2) is 24.3 Å². The SMILES string of the molecule is COc1nc2cc(C34CC3C4)ccc2cc1C(=O)O. The van der Waals surface area contributed by atoms with E-state index in [4.69, 9.17) is 9.84 Å². The fourth-order valence-electron chi connectivity index (χ4n) is 2.94. The maximum Gasteiger partial charge on any atom is 0.341 e. The first kappa shape index (κ1) is 10.8. The molecule has 1 aromatic carbocycles. The van der Waals surface area contributed by atoms with Crippen molar-refractivity contribution in [1.82, 2.24) is 4.98 Å². The van der Waals surface area contributed by atoms with Crippen LogP contribution in [0.5, 0.6) is 5.88 Å². The zero-order chi connectivity index (χ0) is 13.2. The van der Waals surface area contributed by atoms with Gasteiger partial charge in [-0.3, -0.25) is 0 Å². The molecule has 0 amide bonds. The monoisotopic (exact) mass is 255 g/mol. The lowest BCUT2D eigenvalue weighted by Gasteiger charge is -2.09. The minimum Gasteiger partial charge on any atom is -0.480 e. The zero-order valence-electron chi connectivity index (χ0n) is 10.5. The number of aromatic carboxylic acids is 1. The van der Waals surface area contributed by atoms with E-state index in [1.54, 1.807) is 6.07 Å². The van der Waals surface area contributed by atoms with E-state index in [0.29, 0.717) is 5.41 Å². The number of hydrogen-bond donors (Lipinski definition) is 1. The summed E-state index contributed by atoms with van der Waals surface area (Å²) in [5, 5.41) is 9.98. The first-order chi connectivity index (χ1) is 9.14. The number of rotatable bonds is 3. The standard InChI is InChI=1S/C15H13NO3/c1-19-13-11(14(17)18)4-8-2-3-9(5-12(8)16-13)15-6-10(15)7-15/h2-5,10H,6-7H2,1H3,(H,17,18). The highest BCUT2D eigenvalue weighted by Gasteiger charge is 2.70. The maximum absolute atomic E-state index is 11.1. The Bertz CT molecular complexity index is 717. The van der Waals surface area contributed by atoms with Gasteiger partial charge in [0.05, 0.1) is 12.6 Å². The lowest BCUT2D eigenvalue weighted by Crippen LogP contribution is -2.03. The third kappa shape index (κ3) is 1.40. The van der Waals surface area contributed by atoms with Gasteiger partial charge in [0, 0.05) is 5.39 Å². The van der Waals surface area contributed by atoms with Gasteiger partial charge < -0.3 is 9.84 Å². The molecule has 0 atom stereocenters. The Morgan fingerprint density at radius 2 is 2.16 bits per heavy atom. The Labute approximate surface area is 110 Å². The Hall–Kier alpha value is -2.10. The van der Waals surface area contributed by atoms with Crippen LogP contribution in [0, 0.1) is 5.92 Å². The summed E-state index contributed by atoms with van der Waals surface area (Å²) in [6.45, 7) is 0. The van der Waals surface area contributed by atoms with E-state index in [2.05, 4.69) is 17.1 Å². The number of carboxylic acids is 1. The second-order valence-corrected chi connectivity index (χ2v) is 5.52. The van der Waals surface area contributed by atoms with E-state index in [0.717, 1.165) is 16.8 Å². The normalized spacial score (nSPS) is 26.9. The smallest absolute Gasteiger partial charge is 0.341 e. The first-order valence-corrected chi connectivity index (χ1v) is 6.36. The van der Waals surface area contributed by atoms with E-state index in [9.17, 15) is 4.79 Å². The van der Waals surface area contributed by atoms with Crippen LogP contribution in [0.1, 0.15) is 28.8 Å². The fourth-order valence-corrected chi connectivity index (χ4v) is 2.94. The molecule has 2 saturated carbocycles. The molecule has 0 aliphatic heterocycles. The topological polar surface area (TPSA) is 59.4 Å². The van der Waals surface area contributed by atoms with Crippen molar-refractivity contribution in [3.05, 3.63) is 35.4 Å². The summed E-state index contributed by atoms with van der Waals surface area (Å²) in [6.07, 6.45) is 2.59. The Balaban J connectivity index is 1.89. The molecule has 1 heterocycles. The number of ether oxygens (including phenoxy) is 1. The maximum atomic E-state index is 11.1. The first-order valence-electron chi connectivity index (χ1n) is 6.36. The van der Waals surface area contributed by atoms with Crippen molar-refractivity contribution >= 4 is 16.9 Å². The molecular weight excluding hydrogens is 242 g/mol. The number of carbonyl (C=O) groups is 1. The Morgan fingerprint density at radius 3 is 2.74 bits per heavy atom. The molecule has 2 fully saturated rings. The molecule has 1 N–H and O–H groups in total. The summed E-state index contributed by atoms with van der Waals surface area (Å²) in [4.78, 5) is 15.5. The lowest BCUT2D eigenvalue weighted by atomic mass is 10.0. The lowest BCUT2D eigenvalue weighted by molar-refractivity contribution is 0.0692. The van der Waals surface area contributed by atoms with Gasteiger partial charge in [0.1, 0.15) is 5.56 Å². The fraction of sp³-hybridized carbons (Fsp3) is 0.333. The van der Waals surface area contributed by atoms with E-state index in [1.165, 1.54) is 25.5 Å². The van der Waals surface area contributed by atoms with Gasteiger partial charge in [0.25, 0.3) is 0 Å². The van der Waals surface area contributed by atoms with Crippen molar-refractivity contribution in [3.63, 3.8) is 0 Å². The number of pyridine rings is 1. The number of carboxylic acid groups (broad SMARTS) is 1. The van der Waals surface area contributed by atoms with E-state index < -0.39 is 5.97 Å². The number of benzene rings is 1. The van der Waals surface area contributed by atoms with E-state index >= 15 is 0 Å². The van der Waals surface area contributed by atoms with Gasteiger partial charge in [-0.05, 0) is 41.9 Å². The third-order valence-electron chi connectivity index (χ3n) is 4.46. The molecular formula is C15H13NO3. The van der Waals surface area contributed by atoms with E-state index in [1.807, 2.05) is 6.07 Å². The van der Waals surface area contributed by atoms with Crippen LogP contribution in [0.25, 0.3) is 10.9 Å². The van der Waals surface area contributed by atoms with E-state index in [-0.39, 0.29) is 11.4 Å². The molecule has 0 saturated heterocycles. The van der Waals surface area contributed by atoms with Crippen LogP contribution in [-0.4, -0.2) is 23.2 Å². The number of hydrogen-bond acceptors (Lipinski definition) is 3. The van der Waals surface area contributed by atoms with Gasteiger partial charge in [0.15, 0.2) is 0 Å². The summed E-state index contributed by atoms with van der Waals surface area (Å²) >= 11 is 0. The quantitative estimate of drug-likeness (QED) is 0.915. The number of aromatic nitrogens is 1. The number of methoxy groups -OCH3 is 1. The summed E-state index contributed by atoms with van der Waals surface area (Å²) in [7, 11) is 1.45. The van der Waals surface area contributed by atoms with Crippen molar-refractivity contribution in [1.29, 1.82) is 0 Å². The largest absolute Gasteiger partial charge is 0.480 e. The number of nitrogens with zero attached hydrogens (tertiary/aromatic N) is 1. The minimum atomic E-state index is -1.02. The summed E-state index contributed by atoms with van der Waals surface area (Å²) in [6, 6.07) is 7.78. The second kappa shape index (κ2) is 3.26. The number of fused-ring (bicyclic) bond motifs is 2. The molecule has 19 heavy (non-hydrogen) atoms. The highest BCUT2D eigenvalue weighted by atomic mass is 16.5. The molecule has 96 valence electrons. The molecule has 2 aliphatic carbocycles. The molecule has 2 aromatic rings. The zero-order valence-corrected chi connectivity index (χ0v) is 10.5. The summed E-state index contributed by atoms with van der Waals surface area (Å²) in [5.74, 6) is 0.0429. The van der Waals surface area contributed by atoms with Crippen molar-refractivity contribution in [2.75, 3.05) is 7.11 Å². The average molecular weight is 255 g/mol. The second-order valence-electron chi connectivity index (χ2n) is 5.52. The van der Waals surface area contributed by atoms with Crippen molar-refractivity contribution in [2.24, 2.45) is 5.92 Å². The molecule has 0 bridgehead atoms. The predicted octanol–water partition coefficient (Wildman–Crippen LogP) is 2.60. The molecule has 2 aliphatic rings. The summed E-state index contributed by atoms with van der Waals surface area (Å²) < 4.78 is 5.07. The van der Waals surface area contributed by atoms with Crippen molar-refractivity contribution in [2.45, 2.75) is 18.3 Å². The van der Waals surface area contributed by atoms with Crippen LogP contribution < -0.4 is 4.74 Å². The molecule has 0 radical (unpaired) electrons. The highest BCUT2D eigenvalue weighted by Crippen LogP contribution is 2.75. The van der Waals surface area contributed by atoms with Gasteiger partial charge in [-0.15, -0.1) is 0 Å². The highest BCUT2D eigenvalue weighted by molar-refractivity contribution is 5.95. The third-order valence-corrected chi connectivity index (χ3v) is 4.46. The minimum absolute atomic E-state index is 0.108. The van der Waals surface area contributed by atoms with Gasteiger partial charge in [-0.1, -0.05) is 12.1 Å². The van der Waals surface area contributed by atoms with Crippen LogP contribution >= 0.6 is 0 Å².